The van der Waals surface area contributed by atoms with Crippen LogP contribution in [0.2, 0.25) is 0 Å². The molecule has 5 rings (SSSR count). The molecule has 3 aliphatic rings. The van der Waals surface area contributed by atoms with Crippen molar-refractivity contribution in [2.24, 2.45) is 0 Å². The first-order valence-corrected chi connectivity index (χ1v) is 12.3. The Balaban J connectivity index is 1.24. The Morgan fingerprint density at radius 3 is 2.56 bits per heavy atom. The highest BCUT2D eigenvalue weighted by Gasteiger charge is 2.39. The minimum atomic E-state index is -0.643. The number of amides is 4. The minimum Gasteiger partial charge on any atom is -0.444 e. The zero-order chi connectivity index (χ0) is 25.6. The molecule has 0 bridgehead atoms. The van der Waals surface area contributed by atoms with Crippen molar-refractivity contribution < 1.29 is 23.9 Å². The van der Waals surface area contributed by atoms with Crippen LogP contribution in [0, 0.1) is 0 Å². The monoisotopic (exact) mass is 494 g/mol. The number of hydrogen-bond donors (Lipinski definition) is 1. The Morgan fingerprint density at radius 2 is 1.86 bits per heavy atom. The molecule has 190 valence electrons. The lowest BCUT2D eigenvalue weighted by Crippen LogP contribution is -2.52. The first-order chi connectivity index (χ1) is 17.1. The summed E-state index contributed by atoms with van der Waals surface area (Å²) in [5, 5.41) is 11.0. The second-order valence-electron chi connectivity index (χ2n) is 10.6. The van der Waals surface area contributed by atoms with E-state index in [1.807, 2.05) is 39.1 Å². The predicted molar refractivity (Wildman–Crippen MR) is 127 cm³/mol. The maximum atomic E-state index is 12.9. The smallest absolute Gasteiger partial charge is 0.410 e. The standard InChI is InChI=1S/C25H30N6O5/c1-25(2,3)36-24(35)29-10-8-15(9-11-29)19-14-31(28-27-19)17-4-5-18-16(12-17)13-30(23(18)34)20-6-7-21(32)26-22(20)33/h4-5,12,14-15,20H,6-11,13H2,1-3H3,(H,26,32,33). The first-order valence-electron chi connectivity index (χ1n) is 12.3. The van der Waals surface area contributed by atoms with Gasteiger partial charge in [-0.05, 0) is 63.8 Å². The largest absolute Gasteiger partial charge is 0.444 e. The van der Waals surface area contributed by atoms with Crippen LogP contribution in [0.5, 0.6) is 0 Å². The summed E-state index contributed by atoms with van der Waals surface area (Å²) in [6.07, 6.45) is 3.71. The zero-order valence-electron chi connectivity index (χ0n) is 20.7. The highest BCUT2D eigenvalue weighted by molar-refractivity contribution is 6.05. The lowest BCUT2D eigenvalue weighted by Gasteiger charge is -2.32. The van der Waals surface area contributed by atoms with Crippen LogP contribution >= 0.6 is 0 Å². The highest BCUT2D eigenvalue weighted by atomic mass is 16.6. The third kappa shape index (κ3) is 4.69. The van der Waals surface area contributed by atoms with Crippen molar-refractivity contribution in [2.45, 2.75) is 70.6 Å². The summed E-state index contributed by atoms with van der Waals surface area (Å²) in [6, 6.07) is 4.81. The van der Waals surface area contributed by atoms with Gasteiger partial charge in [0.15, 0.2) is 0 Å². The molecule has 0 spiro atoms. The topological polar surface area (TPSA) is 127 Å². The number of carbonyl (C=O) groups is 4. The van der Waals surface area contributed by atoms with E-state index in [-0.39, 0.29) is 30.2 Å². The molecule has 11 heteroatoms. The van der Waals surface area contributed by atoms with Crippen molar-refractivity contribution in [1.82, 2.24) is 30.1 Å². The summed E-state index contributed by atoms with van der Waals surface area (Å²) in [5.41, 5.74) is 2.48. The lowest BCUT2D eigenvalue weighted by atomic mass is 9.94. The summed E-state index contributed by atoms with van der Waals surface area (Å²) in [6.45, 7) is 7.08. The fourth-order valence-corrected chi connectivity index (χ4v) is 4.98. The number of nitrogens with zero attached hydrogens (tertiary/aromatic N) is 5. The van der Waals surface area contributed by atoms with Gasteiger partial charge in [-0.25, -0.2) is 9.48 Å². The number of fused-ring (bicyclic) bond motifs is 1. The van der Waals surface area contributed by atoms with E-state index < -0.39 is 17.6 Å². The van der Waals surface area contributed by atoms with Crippen LogP contribution in [0.1, 0.15) is 74.0 Å². The van der Waals surface area contributed by atoms with E-state index in [4.69, 9.17) is 4.74 Å². The Morgan fingerprint density at radius 1 is 1.11 bits per heavy atom. The molecule has 4 heterocycles. The maximum Gasteiger partial charge on any atom is 0.410 e. The van der Waals surface area contributed by atoms with Gasteiger partial charge < -0.3 is 14.5 Å². The number of aromatic nitrogens is 3. The van der Waals surface area contributed by atoms with Gasteiger partial charge in [-0.2, -0.15) is 0 Å². The van der Waals surface area contributed by atoms with Crippen molar-refractivity contribution >= 4 is 23.8 Å². The van der Waals surface area contributed by atoms with Gasteiger partial charge in [-0.15, -0.1) is 5.10 Å². The molecule has 3 aliphatic heterocycles. The Kier molecular flexibility index (Phi) is 6.01. The van der Waals surface area contributed by atoms with E-state index in [1.54, 1.807) is 15.6 Å². The summed E-state index contributed by atoms with van der Waals surface area (Å²) >= 11 is 0. The molecule has 4 amide bonds. The van der Waals surface area contributed by atoms with Crippen LogP contribution in [0.25, 0.3) is 5.69 Å². The minimum absolute atomic E-state index is 0.191. The highest BCUT2D eigenvalue weighted by Crippen LogP contribution is 2.30. The van der Waals surface area contributed by atoms with Gasteiger partial charge in [0.2, 0.25) is 11.8 Å². The molecule has 0 radical (unpaired) electrons. The van der Waals surface area contributed by atoms with Gasteiger partial charge in [0.25, 0.3) is 5.91 Å². The molecule has 11 nitrogen and oxygen atoms in total. The summed E-state index contributed by atoms with van der Waals surface area (Å²) in [5.74, 6) is -0.745. The number of nitrogens with one attached hydrogen (secondary N) is 1. The number of benzene rings is 1. The molecular weight excluding hydrogens is 464 g/mol. The fourth-order valence-electron chi connectivity index (χ4n) is 4.98. The second-order valence-corrected chi connectivity index (χ2v) is 10.6. The van der Waals surface area contributed by atoms with Crippen LogP contribution in [-0.4, -0.2) is 73.3 Å². The van der Waals surface area contributed by atoms with Crippen LogP contribution in [0.4, 0.5) is 4.79 Å². The average Bonchev–Trinajstić information content (AvgIpc) is 3.43. The van der Waals surface area contributed by atoms with Crippen LogP contribution < -0.4 is 5.32 Å². The number of ether oxygens (including phenoxy) is 1. The summed E-state index contributed by atoms with van der Waals surface area (Å²) in [4.78, 5) is 52.3. The van der Waals surface area contributed by atoms with Crippen molar-refractivity contribution in [3.8, 4) is 5.69 Å². The molecule has 1 unspecified atom stereocenters. The van der Waals surface area contributed by atoms with E-state index in [0.717, 1.165) is 29.8 Å². The van der Waals surface area contributed by atoms with Crippen molar-refractivity contribution in [3.05, 3.63) is 41.2 Å². The van der Waals surface area contributed by atoms with Crippen molar-refractivity contribution in [2.75, 3.05) is 13.1 Å². The number of piperidine rings is 2. The number of rotatable bonds is 3. The summed E-state index contributed by atoms with van der Waals surface area (Å²) < 4.78 is 7.16. The van der Waals surface area contributed by atoms with E-state index in [1.165, 1.54) is 4.90 Å². The molecular formula is C25H30N6O5. The Hall–Kier alpha value is -3.76. The number of carbonyl (C=O) groups excluding carboxylic acids is 4. The molecule has 1 aromatic heterocycles. The van der Waals surface area contributed by atoms with E-state index >= 15 is 0 Å². The first kappa shape index (κ1) is 24.0. The third-order valence-electron chi connectivity index (χ3n) is 6.85. The SMILES string of the molecule is CC(C)(C)OC(=O)N1CCC(c2cn(-c3ccc4c(c3)CN(C3CCC(=O)NC3=O)C4=O)nn2)CC1. The van der Waals surface area contributed by atoms with Gasteiger partial charge >= 0.3 is 6.09 Å². The number of likely N-dealkylation sites (tertiary alicyclic amines) is 1. The lowest BCUT2D eigenvalue weighted by molar-refractivity contribution is -0.136. The Bertz CT molecular complexity index is 1220. The quantitative estimate of drug-likeness (QED) is 0.648. The van der Waals surface area contributed by atoms with Crippen LogP contribution in [0.15, 0.2) is 24.4 Å². The van der Waals surface area contributed by atoms with E-state index in [0.29, 0.717) is 31.6 Å². The van der Waals surface area contributed by atoms with Gasteiger partial charge in [0, 0.05) is 37.5 Å². The molecule has 2 aromatic rings. The second kappa shape index (κ2) is 9.03. The molecule has 2 fully saturated rings. The molecule has 2 saturated heterocycles. The van der Waals surface area contributed by atoms with Gasteiger partial charge in [0.05, 0.1) is 17.6 Å². The normalized spacial score (nSPS) is 21.0. The molecule has 1 N–H and O–H groups in total. The number of hydrogen-bond acceptors (Lipinski definition) is 7. The van der Waals surface area contributed by atoms with Crippen LogP contribution in [-0.2, 0) is 20.9 Å². The van der Waals surface area contributed by atoms with E-state index in [2.05, 4.69) is 15.6 Å². The Labute approximate surface area is 208 Å². The molecule has 0 aliphatic carbocycles. The average molecular weight is 495 g/mol. The number of imide groups is 1. The van der Waals surface area contributed by atoms with Gasteiger partial charge in [-0.3, -0.25) is 19.7 Å². The van der Waals surface area contributed by atoms with Gasteiger partial charge in [-0.1, -0.05) is 5.21 Å². The molecule has 0 saturated carbocycles. The third-order valence-corrected chi connectivity index (χ3v) is 6.85. The predicted octanol–water partition coefficient (Wildman–Crippen LogP) is 2.14. The summed E-state index contributed by atoms with van der Waals surface area (Å²) in [7, 11) is 0. The maximum absolute atomic E-state index is 12.9. The van der Waals surface area contributed by atoms with Crippen LogP contribution in [0.3, 0.4) is 0 Å². The zero-order valence-corrected chi connectivity index (χ0v) is 20.7. The molecule has 1 atom stereocenters. The molecule has 1 aromatic carbocycles. The van der Waals surface area contributed by atoms with E-state index in [9.17, 15) is 19.2 Å². The fraction of sp³-hybridized carbons (Fsp3) is 0.520. The van der Waals surface area contributed by atoms with Crippen molar-refractivity contribution in [3.63, 3.8) is 0 Å². The van der Waals surface area contributed by atoms with Crippen molar-refractivity contribution in [1.29, 1.82) is 0 Å². The molecule has 36 heavy (non-hydrogen) atoms. The van der Waals surface area contributed by atoms with Gasteiger partial charge in [0.1, 0.15) is 11.6 Å².